The van der Waals surface area contributed by atoms with Gasteiger partial charge in [-0.15, -0.1) is 0 Å². The zero-order valence-electron chi connectivity index (χ0n) is 17.6. The summed E-state index contributed by atoms with van der Waals surface area (Å²) in [6, 6.07) is 17.1. The predicted octanol–water partition coefficient (Wildman–Crippen LogP) is 3.27. The Kier molecular flexibility index (Phi) is 7.04. The summed E-state index contributed by atoms with van der Waals surface area (Å²) in [5.74, 6) is 0.141. The molecule has 2 aromatic rings. The summed E-state index contributed by atoms with van der Waals surface area (Å²) in [5, 5.41) is 3.01. The number of piperazine rings is 1. The second-order valence-corrected chi connectivity index (χ2v) is 8.23. The molecule has 0 spiro atoms. The Morgan fingerprint density at radius 2 is 1.59 bits per heavy atom. The number of hydrogen-bond donors (Lipinski definition) is 1. The lowest BCUT2D eigenvalue weighted by Gasteiger charge is -2.35. The third-order valence-corrected chi connectivity index (χ3v) is 5.36. The molecule has 1 fully saturated rings. The molecular formula is C24H31N3O2. The first-order valence-corrected chi connectivity index (χ1v) is 10.4. The van der Waals surface area contributed by atoms with Crippen LogP contribution in [-0.4, -0.2) is 60.9 Å². The van der Waals surface area contributed by atoms with Crippen LogP contribution in [0.15, 0.2) is 54.6 Å². The highest BCUT2D eigenvalue weighted by atomic mass is 16.2. The fourth-order valence-corrected chi connectivity index (χ4v) is 3.65. The van der Waals surface area contributed by atoms with Gasteiger partial charge in [0.15, 0.2) is 0 Å². The van der Waals surface area contributed by atoms with Gasteiger partial charge in [-0.05, 0) is 42.6 Å². The normalized spacial score (nSPS) is 15.9. The van der Waals surface area contributed by atoms with Crippen LogP contribution in [0.25, 0.3) is 11.1 Å². The molecule has 1 atom stereocenters. The van der Waals surface area contributed by atoms with E-state index < -0.39 is 6.04 Å². The van der Waals surface area contributed by atoms with Crippen molar-refractivity contribution in [1.29, 1.82) is 0 Å². The summed E-state index contributed by atoms with van der Waals surface area (Å²) in [6.45, 7) is 7.31. The second-order valence-electron chi connectivity index (χ2n) is 8.23. The minimum Gasteiger partial charge on any atom is -0.340 e. The summed E-state index contributed by atoms with van der Waals surface area (Å²) in [7, 11) is 2.06. The first-order chi connectivity index (χ1) is 13.9. The molecule has 154 valence electrons. The highest BCUT2D eigenvalue weighted by Crippen LogP contribution is 2.20. The van der Waals surface area contributed by atoms with Crippen LogP contribution >= 0.6 is 0 Å². The average molecular weight is 394 g/mol. The van der Waals surface area contributed by atoms with Crippen molar-refractivity contribution in [3.63, 3.8) is 0 Å². The Balaban J connectivity index is 1.74. The van der Waals surface area contributed by atoms with E-state index in [1.807, 2.05) is 53.4 Å². The van der Waals surface area contributed by atoms with Crippen molar-refractivity contribution in [3.05, 3.63) is 60.2 Å². The van der Waals surface area contributed by atoms with Crippen molar-refractivity contribution >= 4 is 11.8 Å². The number of nitrogens with zero attached hydrogens (tertiary/aromatic N) is 2. The molecule has 0 aromatic heterocycles. The van der Waals surface area contributed by atoms with Gasteiger partial charge in [-0.1, -0.05) is 56.3 Å². The van der Waals surface area contributed by atoms with Gasteiger partial charge >= 0.3 is 0 Å². The Bertz CT molecular complexity index is 827. The van der Waals surface area contributed by atoms with Gasteiger partial charge in [-0.2, -0.15) is 0 Å². The molecule has 5 nitrogen and oxygen atoms in total. The summed E-state index contributed by atoms with van der Waals surface area (Å²) in [4.78, 5) is 30.2. The van der Waals surface area contributed by atoms with Gasteiger partial charge in [0.1, 0.15) is 6.04 Å². The Morgan fingerprint density at radius 1 is 0.931 bits per heavy atom. The van der Waals surface area contributed by atoms with E-state index >= 15 is 0 Å². The van der Waals surface area contributed by atoms with Gasteiger partial charge in [0, 0.05) is 31.7 Å². The average Bonchev–Trinajstić information content (AvgIpc) is 2.73. The van der Waals surface area contributed by atoms with Crippen LogP contribution in [0.3, 0.4) is 0 Å². The number of likely N-dealkylation sites (N-methyl/N-ethyl adjacent to an activating group) is 1. The number of rotatable bonds is 6. The maximum atomic E-state index is 13.1. The topological polar surface area (TPSA) is 52.7 Å². The number of amides is 2. The van der Waals surface area contributed by atoms with E-state index in [4.69, 9.17) is 0 Å². The number of carbonyl (C=O) groups is 2. The van der Waals surface area contributed by atoms with Crippen molar-refractivity contribution in [2.24, 2.45) is 5.92 Å². The second kappa shape index (κ2) is 9.70. The highest BCUT2D eigenvalue weighted by Gasteiger charge is 2.28. The molecule has 1 aliphatic rings. The monoisotopic (exact) mass is 393 g/mol. The van der Waals surface area contributed by atoms with Crippen molar-refractivity contribution in [1.82, 2.24) is 15.1 Å². The van der Waals surface area contributed by atoms with E-state index in [-0.39, 0.29) is 11.8 Å². The lowest BCUT2D eigenvalue weighted by Crippen LogP contribution is -2.54. The maximum Gasteiger partial charge on any atom is 0.251 e. The molecule has 2 aromatic carbocycles. The molecule has 0 bridgehead atoms. The van der Waals surface area contributed by atoms with Gasteiger partial charge < -0.3 is 15.1 Å². The fraction of sp³-hybridized carbons (Fsp3) is 0.417. The third kappa shape index (κ3) is 5.67. The third-order valence-electron chi connectivity index (χ3n) is 5.36. The molecule has 1 aliphatic heterocycles. The zero-order valence-corrected chi connectivity index (χ0v) is 17.6. The van der Waals surface area contributed by atoms with Gasteiger partial charge in [-0.25, -0.2) is 0 Å². The molecule has 2 amide bonds. The van der Waals surface area contributed by atoms with Gasteiger partial charge in [0.25, 0.3) is 5.91 Å². The largest absolute Gasteiger partial charge is 0.340 e. The molecule has 1 heterocycles. The van der Waals surface area contributed by atoms with Crippen LogP contribution in [-0.2, 0) is 4.79 Å². The van der Waals surface area contributed by atoms with Crippen LogP contribution in [0.2, 0.25) is 0 Å². The number of benzene rings is 2. The van der Waals surface area contributed by atoms with Gasteiger partial charge in [0.2, 0.25) is 5.91 Å². The lowest BCUT2D eigenvalue weighted by molar-refractivity contribution is -0.135. The molecule has 3 rings (SSSR count). The number of nitrogens with one attached hydrogen (secondary N) is 1. The van der Waals surface area contributed by atoms with E-state index in [9.17, 15) is 9.59 Å². The molecule has 5 heteroatoms. The smallest absolute Gasteiger partial charge is 0.251 e. The van der Waals surface area contributed by atoms with Crippen LogP contribution in [0.4, 0.5) is 0 Å². The Labute approximate surface area is 173 Å². The van der Waals surface area contributed by atoms with Gasteiger partial charge in [-0.3, -0.25) is 9.59 Å². The molecular weight excluding hydrogens is 362 g/mol. The molecule has 1 saturated heterocycles. The van der Waals surface area contributed by atoms with Crippen LogP contribution in [0, 0.1) is 5.92 Å². The summed E-state index contributed by atoms with van der Waals surface area (Å²) >= 11 is 0. The SMILES string of the molecule is CC(C)C[C@@H](NC(=O)c1cccc(-c2ccccc2)c1)C(=O)N1CCN(C)CC1. The van der Waals surface area contributed by atoms with E-state index in [0.717, 1.165) is 24.2 Å². The van der Waals surface area contributed by atoms with Crippen LogP contribution in [0.5, 0.6) is 0 Å². The summed E-state index contributed by atoms with van der Waals surface area (Å²) < 4.78 is 0. The van der Waals surface area contributed by atoms with Crippen LogP contribution < -0.4 is 5.32 Å². The zero-order chi connectivity index (χ0) is 20.8. The summed E-state index contributed by atoms with van der Waals surface area (Å²) in [5.41, 5.74) is 2.63. The Hall–Kier alpha value is -2.66. The molecule has 0 radical (unpaired) electrons. The van der Waals surface area contributed by atoms with E-state index in [1.54, 1.807) is 6.07 Å². The van der Waals surface area contributed by atoms with Crippen molar-refractivity contribution in [2.75, 3.05) is 33.2 Å². The quantitative estimate of drug-likeness (QED) is 0.820. The molecule has 0 unspecified atom stereocenters. The molecule has 1 N–H and O–H groups in total. The van der Waals surface area contributed by atoms with Crippen molar-refractivity contribution in [2.45, 2.75) is 26.3 Å². The van der Waals surface area contributed by atoms with E-state index in [1.165, 1.54) is 0 Å². The first-order valence-electron chi connectivity index (χ1n) is 10.4. The van der Waals surface area contributed by atoms with Crippen molar-refractivity contribution in [3.8, 4) is 11.1 Å². The van der Waals surface area contributed by atoms with Crippen molar-refractivity contribution < 1.29 is 9.59 Å². The Morgan fingerprint density at radius 3 is 2.24 bits per heavy atom. The fourth-order valence-electron chi connectivity index (χ4n) is 3.65. The maximum absolute atomic E-state index is 13.1. The number of hydrogen-bond acceptors (Lipinski definition) is 3. The number of carbonyl (C=O) groups excluding carboxylic acids is 2. The standard InChI is InChI=1S/C24H31N3O2/c1-18(2)16-22(24(29)27-14-12-26(3)13-15-27)25-23(28)21-11-7-10-20(17-21)19-8-5-4-6-9-19/h4-11,17-18,22H,12-16H2,1-3H3,(H,25,28)/t22-/m1/s1. The molecule has 0 saturated carbocycles. The molecule has 0 aliphatic carbocycles. The summed E-state index contributed by atoms with van der Waals surface area (Å²) in [6.07, 6.45) is 0.634. The van der Waals surface area contributed by atoms with Gasteiger partial charge in [0.05, 0.1) is 0 Å². The van der Waals surface area contributed by atoms with Crippen LogP contribution in [0.1, 0.15) is 30.6 Å². The van der Waals surface area contributed by atoms with E-state index in [2.05, 4.69) is 31.1 Å². The van der Waals surface area contributed by atoms with E-state index in [0.29, 0.717) is 31.0 Å². The first kappa shape index (κ1) is 21.1. The minimum absolute atomic E-state index is 0.0272. The molecule has 29 heavy (non-hydrogen) atoms. The minimum atomic E-state index is -0.494. The highest BCUT2D eigenvalue weighted by molar-refractivity contribution is 5.98. The predicted molar refractivity (Wildman–Crippen MR) is 117 cm³/mol. The lowest BCUT2D eigenvalue weighted by atomic mass is 10.0.